The van der Waals surface area contributed by atoms with Crippen molar-refractivity contribution in [3.8, 4) is 0 Å². The molecule has 2 aliphatic carbocycles. The Morgan fingerprint density at radius 3 is 1.82 bits per heavy atom. The first-order valence-electron chi connectivity index (χ1n) is 11.9. The maximum Gasteiger partial charge on any atom is 0.253 e. The molecule has 0 aromatic carbocycles. The fourth-order valence-corrected chi connectivity index (χ4v) is 5.68. The van der Waals surface area contributed by atoms with Crippen LogP contribution in [0.2, 0.25) is 0 Å². The molecule has 3 heteroatoms. The van der Waals surface area contributed by atoms with E-state index in [0.717, 1.165) is 18.3 Å². The van der Waals surface area contributed by atoms with E-state index in [-0.39, 0.29) is 11.8 Å². The Kier molecular flexibility index (Phi) is 8.36. The summed E-state index contributed by atoms with van der Waals surface area (Å²) in [7, 11) is 0. The van der Waals surface area contributed by atoms with Gasteiger partial charge in [0.25, 0.3) is 11.8 Å². The topological polar surface area (TPSA) is 37.4 Å². The van der Waals surface area contributed by atoms with Gasteiger partial charge in [-0.1, -0.05) is 83.3 Å². The number of unbranched alkanes of at least 4 members (excludes halogenated alkanes) is 9. The van der Waals surface area contributed by atoms with Crippen LogP contribution in [0.4, 0.5) is 0 Å². The van der Waals surface area contributed by atoms with Gasteiger partial charge in [0.2, 0.25) is 0 Å². The summed E-state index contributed by atoms with van der Waals surface area (Å²) in [6.07, 6.45) is 25.2. The number of allylic oxidation sites excluding steroid dienone is 2. The van der Waals surface area contributed by atoms with E-state index in [1.807, 2.05) is 0 Å². The van der Waals surface area contributed by atoms with E-state index in [0.29, 0.717) is 18.4 Å². The van der Waals surface area contributed by atoms with E-state index in [9.17, 15) is 9.59 Å². The molecule has 28 heavy (non-hydrogen) atoms. The Bertz CT molecular complexity index is 561. The molecule has 1 fully saturated rings. The van der Waals surface area contributed by atoms with Crippen LogP contribution in [0.15, 0.2) is 24.3 Å². The maximum atomic E-state index is 11.8. The second-order valence-corrected chi connectivity index (χ2v) is 9.20. The molecule has 4 atom stereocenters. The van der Waals surface area contributed by atoms with Crippen molar-refractivity contribution in [2.24, 2.45) is 23.7 Å². The molecule has 1 heterocycles. The van der Waals surface area contributed by atoms with Crippen LogP contribution in [0.25, 0.3) is 0 Å². The van der Waals surface area contributed by atoms with Gasteiger partial charge in [0.1, 0.15) is 0 Å². The van der Waals surface area contributed by atoms with Crippen molar-refractivity contribution in [2.45, 2.75) is 90.4 Å². The summed E-state index contributed by atoms with van der Waals surface area (Å²) in [4.78, 5) is 25.0. The lowest BCUT2D eigenvalue weighted by Crippen LogP contribution is -2.33. The molecule has 3 rings (SSSR count). The number of imide groups is 1. The van der Waals surface area contributed by atoms with Crippen LogP contribution in [-0.4, -0.2) is 23.3 Å². The molecule has 4 unspecified atom stereocenters. The first-order chi connectivity index (χ1) is 13.7. The lowest BCUT2D eigenvalue weighted by Gasteiger charge is -2.29. The van der Waals surface area contributed by atoms with Crippen LogP contribution in [-0.2, 0) is 9.59 Å². The fraction of sp³-hybridized carbons (Fsp3) is 0.760. The highest BCUT2D eigenvalue weighted by atomic mass is 16.2. The highest BCUT2D eigenvalue weighted by Crippen LogP contribution is 2.51. The second kappa shape index (κ2) is 11.0. The largest absolute Gasteiger partial charge is 0.275 e. The fourth-order valence-electron chi connectivity index (χ4n) is 5.68. The van der Waals surface area contributed by atoms with Crippen LogP contribution >= 0.6 is 0 Å². The molecule has 3 aliphatic rings. The quantitative estimate of drug-likeness (QED) is 0.207. The van der Waals surface area contributed by atoms with Gasteiger partial charge in [0, 0.05) is 18.7 Å². The summed E-state index contributed by atoms with van der Waals surface area (Å²) in [5, 5.41) is 0. The number of fused-ring (bicyclic) bond motifs is 2. The number of carbonyl (C=O) groups is 2. The monoisotopic (exact) mass is 385 g/mol. The van der Waals surface area contributed by atoms with Gasteiger partial charge in [-0.15, -0.1) is 0 Å². The highest BCUT2D eigenvalue weighted by Gasteiger charge is 2.43. The molecule has 0 aromatic rings. The Morgan fingerprint density at radius 1 is 0.750 bits per heavy atom. The predicted octanol–water partition coefficient (Wildman–Crippen LogP) is 6.05. The molecular weight excluding hydrogens is 346 g/mol. The third-order valence-electron chi connectivity index (χ3n) is 7.28. The predicted molar refractivity (Wildman–Crippen MR) is 115 cm³/mol. The van der Waals surface area contributed by atoms with E-state index in [1.54, 1.807) is 0 Å². The average Bonchev–Trinajstić information content (AvgIpc) is 3.38. The molecule has 2 amide bonds. The highest BCUT2D eigenvalue weighted by molar-refractivity contribution is 6.12. The zero-order valence-corrected chi connectivity index (χ0v) is 17.8. The maximum absolute atomic E-state index is 11.8. The number of rotatable bonds is 14. The van der Waals surface area contributed by atoms with Gasteiger partial charge in [-0.05, 0) is 42.9 Å². The van der Waals surface area contributed by atoms with Gasteiger partial charge in [-0.3, -0.25) is 14.5 Å². The van der Waals surface area contributed by atoms with E-state index in [2.05, 4.69) is 19.1 Å². The summed E-state index contributed by atoms with van der Waals surface area (Å²) in [5.74, 6) is 2.60. The summed E-state index contributed by atoms with van der Waals surface area (Å²) in [6, 6.07) is 0. The minimum atomic E-state index is -0.130. The SMILES string of the molecule is CCCCCCCCCCCCC1C2C=CC(C2)C1CCN1C(=O)C=CC1=O. The van der Waals surface area contributed by atoms with Crippen molar-refractivity contribution < 1.29 is 9.59 Å². The summed E-state index contributed by atoms with van der Waals surface area (Å²) in [6.45, 7) is 2.88. The van der Waals surface area contributed by atoms with Gasteiger partial charge < -0.3 is 0 Å². The van der Waals surface area contributed by atoms with Crippen molar-refractivity contribution in [3.63, 3.8) is 0 Å². The Balaban J connectivity index is 1.31. The van der Waals surface area contributed by atoms with Gasteiger partial charge in [0.05, 0.1) is 0 Å². The van der Waals surface area contributed by atoms with Gasteiger partial charge in [-0.2, -0.15) is 0 Å². The average molecular weight is 386 g/mol. The van der Waals surface area contributed by atoms with Gasteiger partial charge in [-0.25, -0.2) is 0 Å². The molecule has 3 nitrogen and oxygen atoms in total. The number of nitrogens with zero attached hydrogens (tertiary/aromatic N) is 1. The summed E-state index contributed by atoms with van der Waals surface area (Å²) >= 11 is 0. The molecule has 0 aromatic heterocycles. The van der Waals surface area contributed by atoms with Crippen LogP contribution < -0.4 is 0 Å². The molecule has 0 saturated heterocycles. The van der Waals surface area contributed by atoms with Crippen molar-refractivity contribution in [1.29, 1.82) is 0 Å². The molecule has 156 valence electrons. The number of amides is 2. The van der Waals surface area contributed by atoms with Crippen molar-refractivity contribution in [1.82, 2.24) is 4.90 Å². The number of carbonyl (C=O) groups excluding carboxylic acids is 2. The molecule has 0 radical (unpaired) electrons. The van der Waals surface area contributed by atoms with E-state index < -0.39 is 0 Å². The molecule has 1 aliphatic heterocycles. The van der Waals surface area contributed by atoms with Crippen molar-refractivity contribution in [2.75, 3.05) is 6.54 Å². The Labute approximate surface area is 171 Å². The first kappa shape index (κ1) is 21.3. The Hall–Kier alpha value is -1.38. The standard InChI is InChI=1S/C25H39NO2/c1-2-3-4-5-6-7-8-9-10-11-12-22-20-13-14-21(19-20)23(22)17-18-26-24(27)15-16-25(26)28/h13-16,20-23H,2-12,17-19H2,1H3. The van der Waals surface area contributed by atoms with E-state index in [1.165, 1.54) is 94.1 Å². The molecule has 0 N–H and O–H groups in total. The van der Waals surface area contributed by atoms with Crippen LogP contribution in [0.3, 0.4) is 0 Å². The normalized spacial score (nSPS) is 28.2. The van der Waals surface area contributed by atoms with Crippen LogP contribution in [0.1, 0.15) is 90.4 Å². The number of hydrogen-bond donors (Lipinski definition) is 0. The second-order valence-electron chi connectivity index (χ2n) is 9.20. The van der Waals surface area contributed by atoms with Gasteiger partial charge in [0.15, 0.2) is 0 Å². The zero-order chi connectivity index (χ0) is 19.8. The molecule has 1 saturated carbocycles. The van der Waals surface area contributed by atoms with E-state index >= 15 is 0 Å². The Morgan fingerprint density at radius 2 is 1.25 bits per heavy atom. The third kappa shape index (κ3) is 5.58. The van der Waals surface area contributed by atoms with Crippen LogP contribution in [0.5, 0.6) is 0 Å². The number of hydrogen-bond acceptors (Lipinski definition) is 2. The summed E-state index contributed by atoms with van der Waals surface area (Å²) in [5.41, 5.74) is 0. The third-order valence-corrected chi connectivity index (χ3v) is 7.28. The first-order valence-corrected chi connectivity index (χ1v) is 11.9. The van der Waals surface area contributed by atoms with Crippen molar-refractivity contribution in [3.05, 3.63) is 24.3 Å². The minimum Gasteiger partial charge on any atom is -0.275 e. The van der Waals surface area contributed by atoms with Gasteiger partial charge >= 0.3 is 0 Å². The lowest BCUT2D eigenvalue weighted by molar-refractivity contribution is -0.137. The summed E-state index contributed by atoms with van der Waals surface area (Å²) < 4.78 is 0. The minimum absolute atomic E-state index is 0.130. The van der Waals surface area contributed by atoms with E-state index in [4.69, 9.17) is 0 Å². The molecule has 2 bridgehead atoms. The molecular formula is C25H39NO2. The lowest BCUT2D eigenvalue weighted by atomic mass is 9.78. The molecule has 0 spiro atoms. The van der Waals surface area contributed by atoms with Crippen molar-refractivity contribution >= 4 is 11.8 Å². The zero-order valence-electron chi connectivity index (χ0n) is 17.8. The van der Waals surface area contributed by atoms with Crippen LogP contribution in [0, 0.1) is 23.7 Å². The smallest absolute Gasteiger partial charge is 0.253 e.